The minimum atomic E-state index is -4.96. The Morgan fingerprint density at radius 3 is 1.33 bits per heavy atom. The van der Waals surface area contributed by atoms with Crippen molar-refractivity contribution >= 4 is 64.3 Å². The van der Waals surface area contributed by atoms with Crippen LogP contribution in [-0.4, -0.2) is 156 Å². The fourth-order valence-corrected chi connectivity index (χ4v) is 14.4. The van der Waals surface area contributed by atoms with Gasteiger partial charge in [0.2, 0.25) is 5.91 Å². The summed E-state index contributed by atoms with van der Waals surface area (Å²) in [5.41, 5.74) is -6.59. The zero-order valence-electron chi connectivity index (χ0n) is 56.5. The van der Waals surface area contributed by atoms with E-state index in [-0.39, 0.29) is 78.5 Å². The number of alkyl halides is 10. The summed E-state index contributed by atoms with van der Waals surface area (Å²) < 4.78 is 150. The molecule has 3 aromatic rings. The number of fused-ring (bicyclic) bond motifs is 2. The molecule has 10 rings (SSSR count). The number of ether oxygens (including phenoxy) is 2. The zero-order valence-corrected chi connectivity index (χ0v) is 57.3. The van der Waals surface area contributed by atoms with Crippen LogP contribution in [0.2, 0.25) is 5.02 Å². The van der Waals surface area contributed by atoms with Gasteiger partial charge in [0, 0.05) is 74.0 Å². The number of carbonyl (C=O) groups excluding carboxylic acids is 7. The van der Waals surface area contributed by atoms with Crippen molar-refractivity contribution in [2.45, 2.75) is 236 Å². The molecule has 3 aromatic carbocycles. The summed E-state index contributed by atoms with van der Waals surface area (Å²) in [5, 5.41) is 8.14. The fourth-order valence-electron chi connectivity index (χ4n) is 14.3. The van der Waals surface area contributed by atoms with Crippen molar-refractivity contribution in [3.63, 3.8) is 0 Å². The Hall–Kier alpha value is -6.90. The number of hydrogen-bond donors (Lipinski definition) is 3. The predicted octanol–water partition coefficient (Wildman–Crippen LogP) is 12.9. The van der Waals surface area contributed by atoms with Gasteiger partial charge in [-0.3, -0.25) is 33.6 Å². The molecule has 5 fully saturated rings. The van der Waals surface area contributed by atoms with Crippen molar-refractivity contribution in [2.24, 2.45) is 11.8 Å². The minimum absolute atomic E-state index is 0.0949. The third kappa shape index (κ3) is 17.4. The van der Waals surface area contributed by atoms with Crippen LogP contribution in [0.25, 0.3) is 0 Å². The van der Waals surface area contributed by atoms with E-state index >= 15 is 0 Å². The maximum atomic E-state index is 14.7. The van der Waals surface area contributed by atoms with Gasteiger partial charge in [-0.15, -0.1) is 0 Å². The van der Waals surface area contributed by atoms with E-state index in [0.29, 0.717) is 55.3 Å². The monoisotopic (exact) mass is 1410 g/mol. The number of carbonyl (C=O) groups is 7. The van der Waals surface area contributed by atoms with Gasteiger partial charge in [0.25, 0.3) is 35.4 Å². The van der Waals surface area contributed by atoms with E-state index in [1.165, 1.54) is 50.3 Å². The van der Waals surface area contributed by atoms with Crippen molar-refractivity contribution in [1.82, 2.24) is 30.7 Å². The lowest BCUT2D eigenvalue weighted by Crippen LogP contribution is -2.54. The van der Waals surface area contributed by atoms with Gasteiger partial charge in [-0.1, -0.05) is 23.7 Å². The highest BCUT2D eigenvalue weighted by molar-refractivity contribution is 6.30. The quantitative estimate of drug-likeness (QED) is 0.0728. The molecule has 0 bridgehead atoms. The standard InChI is InChI=1S/C40H48ClF5N4O5.C30H41F5N4O4/c1-23(2)50(28-11-5-24(6-12-28)15-19-48(27-13-14-27)37(54)39(16-17-39)25-7-9-26(41)10-8-25)35(52)29-21-31-32(22-30(29)40(44,45)46)55-38(3,4)36(53)49(31)20-18-47-34(51)33(42)43;1-17(2)39(20-9-5-18(6-10-20)11-12-36-19-7-8-19)27(41)21-15-23-24(16-22(21)30(33,34)35)43-29(3,4)28(42)38(23)14-13-37-26(40)25(31)32/h7-10,21-24,27-28,33H,5-6,11-20H2,1-4H3,(H,47,51);15-20,25,36H,5-14H2,1-4H3,(H,37,40). The molecule has 0 radical (unpaired) electrons. The molecule has 2 heterocycles. The number of anilines is 2. The summed E-state index contributed by atoms with van der Waals surface area (Å²) in [6.45, 7) is 12.6. The van der Waals surface area contributed by atoms with Gasteiger partial charge in [-0.05, 0) is 218 Å². The third-order valence-electron chi connectivity index (χ3n) is 19.9. The van der Waals surface area contributed by atoms with Gasteiger partial charge in [-0.25, -0.2) is 0 Å². The molecule has 28 heteroatoms. The molecule has 540 valence electrons. The molecule has 7 amide bonds. The highest BCUT2D eigenvalue weighted by Gasteiger charge is 2.55. The normalized spacial score (nSPS) is 21.7. The number of hydrogen-bond acceptors (Lipinski definition) is 10. The third-order valence-corrected chi connectivity index (χ3v) is 20.2. The number of nitrogens with zero attached hydrogens (tertiary/aromatic N) is 5. The van der Waals surface area contributed by atoms with Crippen LogP contribution in [0.5, 0.6) is 11.5 Å². The summed E-state index contributed by atoms with van der Waals surface area (Å²) in [4.78, 5) is 98.9. The Morgan fingerprint density at radius 1 is 0.571 bits per heavy atom. The van der Waals surface area contributed by atoms with E-state index in [1.807, 2.05) is 34.9 Å². The Labute approximate surface area is 569 Å². The first-order chi connectivity index (χ1) is 45.9. The molecule has 5 saturated carbocycles. The lowest BCUT2D eigenvalue weighted by molar-refractivity contribution is -0.139. The van der Waals surface area contributed by atoms with Crippen molar-refractivity contribution in [2.75, 3.05) is 49.1 Å². The van der Waals surface area contributed by atoms with Crippen LogP contribution in [0.1, 0.15) is 196 Å². The van der Waals surface area contributed by atoms with Crippen LogP contribution in [0.15, 0.2) is 48.5 Å². The van der Waals surface area contributed by atoms with Gasteiger partial charge < -0.3 is 49.9 Å². The summed E-state index contributed by atoms with van der Waals surface area (Å²) in [7, 11) is 0. The van der Waals surface area contributed by atoms with Crippen molar-refractivity contribution in [1.29, 1.82) is 0 Å². The lowest BCUT2D eigenvalue weighted by Gasteiger charge is -2.41. The molecule has 0 unspecified atom stereocenters. The second-order valence-corrected chi connectivity index (χ2v) is 29.1. The molecule has 5 aliphatic carbocycles. The highest BCUT2D eigenvalue weighted by atomic mass is 35.5. The lowest BCUT2D eigenvalue weighted by atomic mass is 9.82. The Bertz CT molecular complexity index is 3410. The minimum Gasteiger partial charge on any atom is -0.476 e. The van der Waals surface area contributed by atoms with Crippen LogP contribution in [0.4, 0.5) is 55.3 Å². The SMILES string of the molecule is CC(C)N(C(=O)c1cc2c(cc1C(F)(F)F)OC(C)(C)C(=O)N2CCNC(=O)C(F)F)C1CCC(CCN(C(=O)C2(c3ccc(Cl)cc3)CC2)C2CC2)CC1.CC(C)N(C(=O)c1cc2c(cc1C(F)(F)F)OC(C)(C)C(=O)N2CCNC(=O)C(F)F)C1CCC(CCNC2CC2)CC1. The Balaban J connectivity index is 0.000000237. The van der Waals surface area contributed by atoms with Crippen LogP contribution in [-0.2, 0) is 41.7 Å². The second kappa shape index (κ2) is 30.1. The Morgan fingerprint density at radius 2 is 0.969 bits per heavy atom. The number of rotatable bonds is 24. The molecule has 0 atom stereocenters. The first-order valence-corrected chi connectivity index (χ1v) is 34.4. The maximum absolute atomic E-state index is 14.7. The molecular weight excluding hydrogens is 1320 g/mol. The van der Waals surface area contributed by atoms with Gasteiger partial charge in [0.1, 0.15) is 11.5 Å². The molecule has 0 saturated heterocycles. The first kappa shape index (κ1) is 75.3. The highest BCUT2D eigenvalue weighted by Crippen LogP contribution is 2.52. The number of amides is 7. The van der Waals surface area contributed by atoms with E-state index in [0.717, 1.165) is 104 Å². The summed E-state index contributed by atoms with van der Waals surface area (Å²) in [5.74, 6) is -5.71. The first-order valence-electron chi connectivity index (χ1n) is 34.0. The van der Waals surface area contributed by atoms with Gasteiger partial charge in [0.05, 0.1) is 39.0 Å². The van der Waals surface area contributed by atoms with Crippen LogP contribution in [0.3, 0.4) is 0 Å². The average molecular weight is 1410 g/mol. The summed E-state index contributed by atoms with van der Waals surface area (Å²) in [6, 6.07) is 10.4. The average Bonchev–Trinajstić information content (AvgIpc) is 1.27. The zero-order chi connectivity index (χ0) is 71.7. The molecule has 0 spiro atoms. The molecule has 17 nitrogen and oxygen atoms in total. The largest absolute Gasteiger partial charge is 0.476 e. The van der Waals surface area contributed by atoms with Gasteiger partial charge >= 0.3 is 25.2 Å². The predicted molar refractivity (Wildman–Crippen MR) is 346 cm³/mol. The Kier molecular flexibility index (Phi) is 23.1. The van der Waals surface area contributed by atoms with Crippen LogP contribution in [0, 0.1) is 11.8 Å². The smallest absolute Gasteiger partial charge is 0.417 e. The van der Waals surface area contributed by atoms with Crippen molar-refractivity contribution < 1.29 is 86.9 Å². The maximum Gasteiger partial charge on any atom is 0.417 e. The molecular formula is C70H89ClF10N8O9. The second-order valence-electron chi connectivity index (χ2n) is 28.6. The van der Waals surface area contributed by atoms with E-state index < -0.39 is 112 Å². The van der Waals surface area contributed by atoms with Crippen molar-refractivity contribution in [3.8, 4) is 11.5 Å². The summed E-state index contributed by atoms with van der Waals surface area (Å²) >= 11 is 6.11. The molecule has 98 heavy (non-hydrogen) atoms. The number of benzene rings is 3. The molecule has 3 N–H and O–H groups in total. The van der Waals surface area contributed by atoms with E-state index in [9.17, 15) is 77.5 Å². The molecule has 0 aromatic heterocycles. The fraction of sp³-hybridized carbons (Fsp3) is 0.643. The number of nitrogens with one attached hydrogen (secondary N) is 3. The number of halogens is 11. The van der Waals surface area contributed by atoms with Gasteiger partial charge in [-0.2, -0.15) is 43.9 Å². The topological polar surface area (TPSA) is 190 Å². The molecule has 7 aliphatic rings. The molecule has 2 aliphatic heterocycles. The van der Waals surface area contributed by atoms with Gasteiger partial charge in [0.15, 0.2) is 11.2 Å². The van der Waals surface area contributed by atoms with E-state index in [2.05, 4.69) is 10.2 Å². The van der Waals surface area contributed by atoms with E-state index in [4.69, 9.17) is 21.1 Å². The van der Waals surface area contributed by atoms with E-state index in [1.54, 1.807) is 27.7 Å². The summed E-state index contributed by atoms with van der Waals surface area (Å²) in [6.07, 6.45) is -2.88. The van der Waals surface area contributed by atoms with Crippen LogP contribution < -0.4 is 35.2 Å². The van der Waals surface area contributed by atoms with Crippen LogP contribution >= 0.6 is 11.6 Å². The van der Waals surface area contributed by atoms with Crippen molar-refractivity contribution in [3.05, 3.63) is 81.4 Å².